The van der Waals surface area contributed by atoms with E-state index in [9.17, 15) is 9.18 Å². The third-order valence-electron chi connectivity index (χ3n) is 5.14. The molecule has 29 heavy (non-hydrogen) atoms. The second-order valence-electron chi connectivity index (χ2n) is 6.96. The van der Waals surface area contributed by atoms with E-state index in [1.54, 1.807) is 7.05 Å². The highest BCUT2D eigenvalue weighted by atomic mass is 32.1. The minimum Gasteiger partial charge on any atom is -0.355 e. The largest absolute Gasteiger partial charge is 0.355 e. The second-order valence-corrected chi connectivity index (χ2v) is 8.19. The number of hydrogen-bond donors (Lipinski definition) is 1. The minimum absolute atomic E-state index is 0.153. The van der Waals surface area contributed by atoms with Crippen molar-refractivity contribution in [2.75, 3.05) is 38.1 Å². The third kappa shape index (κ3) is 3.90. The normalized spacial score (nSPS) is 16.2. The summed E-state index contributed by atoms with van der Waals surface area (Å²) in [6.07, 6.45) is 3.06. The average molecular weight is 415 g/mol. The molecule has 0 radical (unpaired) electrons. The molecule has 4 heterocycles. The van der Waals surface area contributed by atoms with Gasteiger partial charge in [0.15, 0.2) is 5.65 Å². The van der Waals surface area contributed by atoms with Crippen LogP contribution in [0.1, 0.15) is 34.0 Å². The van der Waals surface area contributed by atoms with E-state index in [0.29, 0.717) is 35.9 Å². The fourth-order valence-electron chi connectivity index (χ4n) is 3.48. The SMILES string of the molecule is CNC(=O)c1cnc(N2CCN(C(C)c3nc4nc(C)sc4cc3F)CC2)nc1. The molecule has 1 amide bonds. The van der Waals surface area contributed by atoms with E-state index in [4.69, 9.17) is 0 Å². The monoisotopic (exact) mass is 415 g/mol. The van der Waals surface area contributed by atoms with Crippen LogP contribution in [0.2, 0.25) is 0 Å². The molecule has 3 aromatic rings. The van der Waals surface area contributed by atoms with Crippen molar-refractivity contribution in [1.29, 1.82) is 0 Å². The van der Waals surface area contributed by atoms with E-state index in [1.165, 1.54) is 29.8 Å². The van der Waals surface area contributed by atoms with Crippen molar-refractivity contribution in [2.45, 2.75) is 19.9 Å². The van der Waals surface area contributed by atoms with Crippen LogP contribution in [0, 0.1) is 12.7 Å². The lowest BCUT2D eigenvalue weighted by atomic mass is 10.1. The van der Waals surface area contributed by atoms with Crippen molar-refractivity contribution in [3.63, 3.8) is 0 Å². The van der Waals surface area contributed by atoms with Crippen molar-refractivity contribution in [2.24, 2.45) is 0 Å². The molecule has 10 heteroatoms. The summed E-state index contributed by atoms with van der Waals surface area (Å²) in [7, 11) is 1.57. The quantitative estimate of drug-likeness (QED) is 0.699. The molecule has 1 N–H and O–H groups in total. The summed E-state index contributed by atoms with van der Waals surface area (Å²) in [5, 5.41) is 3.43. The molecule has 0 saturated carbocycles. The fourth-order valence-corrected chi connectivity index (χ4v) is 4.28. The van der Waals surface area contributed by atoms with Crippen molar-refractivity contribution >= 4 is 33.5 Å². The van der Waals surface area contributed by atoms with Crippen molar-refractivity contribution in [3.05, 3.63) is 40.5 Å². The van der Waals surface area contributed by atoms with Crippen LogP contribution in [-0.2, 0) is 0 Å². The van der Waals surface area contributed by atoms with Gasteiger partial charge >= 0.3 is 0 Å². The topological polar surface area (TPSA) is 87.1 Å². The molecule has 0 spiro atoms. The van der Waals surface area contributed by atoms with Crippen molar-refractivity contribution in [1.82, 2.24) is 30.2 Å². The van der Waals surface area contributed by atoms with Gasteiger partial charge in [0.1, 0.15) is 5.82 Å². The van der Waals surface area contributed by atoms with Gasteiger partial charge in [0, 0.05) is 45.6 Å². The van der Waals surface area contributed by atoms with Gasteiger partial charge in [0.05, 0.1) is 27.0 Å². The number of nitrogens with zero attached hydrogens (tertiary/aromatic N) is 6. The number of carbonyl (C=O) groups is 1. The molecule has 3 aromatic heterocycles. The summed E-state index contributed by atoms with van der Waals surface area (Å²) in [6.45, 7) is 6.76. The number of anilines is 1. The van der Waals surface area contributed by atoms with Gasteiger partial charge in [-0.3, -0.25) is 9.69 Å². The number of rotatable bonds is 4. The fraction of sp³-hybridized carbons (Fsp3) is 0.421. The lowest BCUT2D eigenvalue weighted by Gasteiger charge is -2.37. The molecule has 1 unspecified atom stereocenters. The van der Waals surface area contributed by atoms with Crippen LogP contribution < -0.4 is 10.2 Å². The van der Waals surface area contributed by atoms with E-state index in [0.717, 1.165) is 22.8 Å². The number of hydrogen-bond acceptors (Lipinski definition) is 8. The van der Waals surface area contributed by atoms with Gasteiger partial charge in [-0.1, -0.05) is 0 Å². The van der Waals surface area contributed by atoms with Crippen LogP contribution in [0.25, 0.3) is 10.3 Å². The van der Waals surface area contributed by atoms with Gasteiger partial charge in [-0.15, -0.1) is 11.3 Å². The van der Waals surface area contributed by atoms with E-state index < -0.39 is 0 Å². The van der Waals surface area contributed by atoms with Gasteiger partial charge < -0.3 is 10.2 Å². The molecule has 1 saturated heterocycles. The molecule has 1 fully saturated rings. The van der Waals surface area contributed by atoms with Crippen LogP contribution in [-0.4, -0.2) is 64.0 Å². The summed E-state index contributed by atoms with van der Waals surface area (Å²) in [5.41, 5.74) is 1.47. The van der Waals surface area contributed by atoms with Gasteiger partial charge in [0.25, 0.3) is 5.91 Å². The Hall–Kier alpha value is -2.72. The Morgan fingerprint density at radius 1 is 1.21 bits per heavy atom. The van der Waals surface area contributed by atoms with Crippen LogP contribution in [0.3, 0.4) is 0 Å². The lowest BCUT2D eigenvalue weighted by molar-refractivity contribution is 0.0962. The standard InChI is InChI=1S/C19H22FN7OS/c1-11(16-14(20)8-15-17(25-16)24-12(2)29-15)26-4-6-27(7-5-26)19-22-9-13(10-23-19)18(28)21-3/h8-11H,4-7H2,1-3H3,(H,21,28). The van der Waals surface area contributed by atoms with Crippen LogP contribution >= 0.6 is 11.3 Å². The average Bonchev–Trinajstić information content (AvgIpc) is 3.11. The van der Waals surface area contributed by atoms with Gasteiger partial charge in [-0.25, -0.2) is 24.3 Å². The molecule has 1 aliphatic heterocycles. The first-order chi connectivity index (χ1) is 14.0. The Morgan fingerprint density at radius 2 is 1.90 bits per heavy atom. The van der Waals surface area contributed by atoms with E-state index in [-0.39, 0.29) is 17.8 Å². The maximum atomic E-state index is 14.6. The maximum absolute atomic E-state index is 14.6. The number of amides is 1. The minimum atomic E-state index is -0.288. The Balaban J connectivity index is 1.44. The number of fused-ring (bicyclic) bond motifs is 1. The van der Waals surface area contributed by atoms with E-state index >= 15 is 0 Å². The summed E-state index contributed by atoms with van der Waals surface area (Å²) >= 11 is 1.45. The number of aryl methyl sites for hydroxylation is 1. The summed E-state index contributed by atoms with van der Waals surface area (Å²) in [5.74, 6) is 0.0924. The number of nitrogens with one attached hydrogen (secondary N) is 1. The number of aromatic nitrogens is 4. The van der Waals surface area contributed by atoms with Gasteiger partial charge in [-0.05, 0) is 19.9 Å². The zero-order chi connectivity index (χ0) is 20.5. The molecule has 0 aliphatic carbocycles. The van der Waals surface area contributed by atoms with E-state index in [1.807, 2.05) is 13.8 Å². The molecule has 1 atom stereocenters. The third-order valence-corrected chi connectivity index (χ3v) is 6.05. The predicted octanol–water partition coefficient (Wildman–Crippen LogP) is 2.17. The van der Waals surface area contributed by atoms with Gasteiger partial charge in [-0.2, -0.15) is 0 Å². The molecule has 152 valence electrons. The Kier molecular flexibility index (Phi) is 5.37. The highest BCUT2D eigenvalue weighted by molar-refractivity contribution is 7.18. The smallest absolute Gasteiger partial charge is 0.254 e. The van der Waals surface area contributed by atoms with Crippen LogP contribution in [0.15, 0.2) is 18.5 Å². The van der Waals surface area contributed by atoms with Crippen LogP contribution in [0.5, 0.6) is 0 Å². The lowest BCUT2D eigenvalue weighted by Crippen LogP contribution is -2.48. The molecule has 1 aliphatic rings. The molecular weight excluding hydrogens is 393 g/mol. The van der Waals surface area contributed by atoms with Crippen molar-refractivity contribution < 1.29 is 9.18 Å². The zero-order valence-electron chi connectivity index (χ0n) is 16.5. The molecular formula is C19H22FN7OS. The maximum Gasteiger partial charge on any atom is 0.254 e. The Labute approximate surface area is 171 Å². The number of pyridine rings is 1. The molecule has 4 rings (SSSR count). The number of carbonyl (C=O) groups excluding carboxylic acids is 1. The Bertz CT molecular complexity index is 1030. The summed E-state index contributed by atoms with van der Waals surface area (Å²) in [6, 6.07) is 1.39. The van der Waals surface area contributed by atoms with E-state index in [2.05, 4.69) is 35.1 Å². The first-order valence-electron chi connectivity index (χ1n) is 9.43. The molecule has 8 nitrogen and oxygen atoms in total. The number of thiazole rings is 1. The molecule has 0 bridgehead atoms. The highest BCUT2D eigenvalue weighted by Crippen LogP contribution is 2.28. The zero-order valence-corrected chi connectivity index (χ0v) is 17.3. The number of halogens is 1. The Morgan fingerprint density at radius 3 is 2.55 bits per heavy atom. The highest BCUT2D eigenvalue weighted by Gasteiger charge is 2.26. The molecule has 0 aromatic carbocycles. The summed E-state index contributed by atoms with van der Waals surface area (Å²) in [4.78, 5) is 33.4. The first kappa shape index (κ1) is 19.6. The predicted molar refractivity (Wildman–Crippen MR) is 110 cm³/mol. The summed E-state index contributed by atoms with van der Waals surface area (Å²) < 4.78 is 15.4. The van der Waals surface area contributed by atoms with Gasteiger partial charge in [0.2, 0.25) is 5.95 Å². The van der Waals surface area contributed by atoms with Crippen LogP contribution in [0.4, 0.5) is 10.3 Å². The second kappa shape index (κ2) is 7.96. The first-order valence-corrected chi connectivity index (χ1v) is 10.2. The van der Waals surface area contributed by atoms with Crippen molar-refractivity contribution in [3.8, 4) is 0 Å². The number of piperazine rings is 1.